The monoisotopic (exact) mass is 373 g/mol. The van der Waals surface area contributed by atoms with E-state index in [1.54, 1.807) is 49.4 Å². The fourth-order valence-corrected chi connectivity index (χ4v) is 3.11. The Morgan fingerprint density at radius 3 is 2.36 bits per heavy atom. The van der Waals surface area contributed by atoms with Crippen molar-refractivity contribution in [3.05, 3.63) is 69.3 Å². The van der Waals surface area contributed by atoms with Crippen molar-refractivity contribution in [1.82, 2.24) is 4.98 Å². The van der Waals surface area contributed by atoms with Crippen LogP contribution >= 0.6 is 23.2 Å². The predicted octanol–water partition coefficient (Wildman–Crippen LogP) is 4.20. The van der Waals surface area contributed by atoms with E-state index in [4.69, 9.17) is 28.9 Å². The number of hydrogen-bond acceptors (Lipinski definition) is 3. The van der Waals surface area contributed by atoms with E-state index in [9.17, 15) is 9.59 Å². The Kier molecular flexibility index (Phi) is 4.61. The summed E-state index contributed by atoms with van der Waals surface area (Å²) in [6.07, 6.45) is 0. The van der Waals surface area contributed by atoms with Crippen LogP contribution in [0.15, 0.2) is 42.5 Å². The number of anilines is 1. The molecule has 0 aliphatic carbocycles. The van der Waals surface area contributed by atoms with Gasteiger partial charge in [-0.3, -0.25) is 14.6 Å². The average Bonchev–Trinajstić information content (AvgIpc) is 2.54. The molecule has 0 saturated carbocycles. The van der Waals surface area contributed by atoms with Crippen molar-refractivity contribution in [2.45, 2.75) is 6.92 Å². The average molecular weight is 374 g/mol. The van der Waals surface area contributed by atoms with Gasteiger partial charge in [0.25, 0.3) is 11.8 Å². The number of benzene rings is 2. The third-order valence-corrected chi connectivity index (χ3v) is 4.37. The Labute approximate surface area is 153 Å². The number of aromatic nitrogens is 1. The maximum absolute atomic E-state index is 12.6. The van der Waals surface area contributed by atoms with Gasteiger partial charge in [0.15, 0.2) is 0 Å². The van der Waals surface area contributed by atoms with Crippen LogP contribution in [-0.2, 0) is 0 Å². The van der Waals surface area contributed by atoms with Crippen molar-refractivity contribution < 1.29 is 9.59 Å². The number of nitrogens with zero attached hydrogens (tertiary/aromatic N) is 1. The maximum Gasteiger partial charge on any atom is 0.258 e. The highest BCUT2D eigenvalue weighted by atomic mass is 35.5. The van der Waals surface area contributed by atoms with Gasteiger partial charge >= 0.3 is 0 Å². The van der Waals surface area contributed by atoms with Crippen molar-refractivity contribution in [3.63, 3.8) is 0 Å². The van der Waals surface area contributed by atoms with E-state index in [1.807, 2.05) is 0 Å². The zero-order valence-corrected chi connectivity index (χ0v) is 14.7. The molecule has 0 atom stereocenters. The lowest BCUT2D eigenvalue weighted by Crippen LogP contribution is -2.15. The predicted molar refractivity (Wildman–Crippen MR) is 99.4 cm³/mol. The van der Waals surface area contributed by atoms with Gasteiger partial charge in [-0.2, -0.15) is 0 Å². The summed E-state index contributed by atoms with van der Waals surface area (Å²) in [6.45, 7) is 1.68. The summed E-state index contributed by atoms with van der Waals surface area (Å²) in [5.41, 5.74) is 7.39. The van der Waals surface area contributed by atoms with Crippen LogP contribution in [0.2, 0.25) is 10.0 Å². The second kappa shape index (κ2) is 6.70. The number of hydrogen-bond donors (Lipinski definition) is 2. The van der Waals surface area contributed by atoms with E-state index in [0.29, 0.717) is 27.8 Å². The van der Waals surface area contributed by atoms with E-state index in [1.165, 1.54) is 0 Å². The second-order valence-electron chi connectivity index (χ2n) is 5.41. The number of rotatable bonds is 3. The molecular formula is C18H13Cl2N3O2. The largest absolute Gasteiger partial charge is 0.366 e. The third kappa shape index (κ3) is 3.29. The van der Waals surface area contributed by atoms with E-state index < -0.39 is 11.8 Å². The number of pyridine rings is 1. The minimum atomic E-state index is -0.552. The van der Waals surface area contributed by atoms with Crippen LogP contribution in [0.1, 0.15) is 26.4 Å². The van der Waals surface area contributed by atoms with Gasteiger partial charge in [0.05, 0.1) is 38.1 Å². The quantitative estimate of drug-likeness (QED) is 0.721. The smallest absolute Gasteiger partial charge is 0.258 e. The number of halogens is 2. The minimum Gasteiger partial charge on any atom is -0.366 e. The summed E-state index contributed by atoms with van der Waals surface area (Å²) in [5, 5.41) is 3.97. The fourth-order valence-electron chi connectivity index (χ4n) is 2.54. The lowest BCUT2D eigenvalue weighted by molar-refractivity contribution is 0.0996. The highest BCUT2D eigenvalue weighted by Crippen LogP contribution is 2.28. The Hall–Kier alpha value is -2.63. The summed E-state index contributed by atoms with van der Waals surface area (Å²) in [5.74, 6) is -0.995. The van der Waals surface area contributed by atoms with Crippen LogP contribution in [0.5, 0.6) is 0 Å². The minimum absolute atomic E-state index is 0.188. The van der Waals surface area contributed by atoms with Crippen LogP contribution in [0.25, 0.3) is 10.9 Å². The van der Waals surface area contributed by atoms with Gasteiger partial charge < -0.3 is 11.1 Å². The number of carbonyl (C=O) groups is 2. The standard InChI is InChI=1S/C18H13Cl2N3O2/c1-9-11(17(21)24)8-10-4-2-7-14(16(10)22-9)23-18(25)15-12(19)5-3-6-13(15)20/h2-8H,1H3,(H2,21,24)(H,23,25). The van der Waals surface area contributed by atoms with Crippen LogP contribution in [0, 0.1) is 6.92 Å². The van der Waals surface area contributed by atoms with Gasteiger partial charge in [-0.25, -0.2) is 0 Å². The molecule has 1 heterocycles. The van der Waals surface area contributed by atoms with Gasteiger partial charge in [0, 0.05) is 5.39 Å². The number of aryl methyl sites for hydroxylation is 1. The van der Waals surface area contributed by atoms with Gasteiger partial charge in [0.2, 0.25) is 0 Å². The Balaban J connectivity index is 2.06. The van der Waals surface area contributed by atoms with Crippen LogP contribution in [-0.4, -0.2) is 16.8 Å². The first-order valence-electron chi connectivity index (χ1n) is 7.34. The zero-order chi connectivity index (χ0) is 18.1. The van der Waals surface area contributed by atoms with Crippen molar-refractivity contribution in [2.24, 2.45) is 5.73 Å². The highest BCUT2D eigenvalue weighted by molar-refractivity contribution is 6.40. The summed E-state index contributed by atoms with van der Waals surface area (Å²) in [4.78, 5) is 28.5. The normalized spacial score (nSPS) is 10.7. The lowest BCUT2D eigenvalue weighted by Gasteiger charge is -2.12. The van der Waals surface area contributed by atoms with Crippen molar-refractivity contribution in [1.29, 1.82) is 0 Å². The van der Waals surface area contributed by atoms with Crippen LogP contribution in [0.4, 0.5) is 5.69 Å². The number of fused-ring (bicyclic) bond motifs is 1. The van der Waals surface area contributed by atoms with Gasteiger partial charge in [0.1, 0.15) is 0 Å². The van der Waals surface area contributed by atoms with Crippen molar-refractivity contribution in [2.75, 3.05) is 5.32 Å². The molecule has 25 heavy (non-hydrogen) atoms. The Morgan fingerprint density at radius 2 is 1.72 bits per heavy atom. The molecule has 0 saturated heterocycles. The number of carbonyl (C=O) groups excluding carboxylic acids is 2. The van der Waals surface area contributed by atoms with Crippen LogP contribution < -0.4 is 11.1 Å². The third-order valence-electron chi connectivity index (χ3n) is 3.74. The molecule has 126 valence electrons. The molecule has 7 heteroatoms. The highest BCUT2D eigenvalue weighted by Gasteiger charge is 2.17. The molecule has 3 aromatic rings. The second-order valence-corrected chi connectivity index (χ2v) is 6.23. The molecule has 0 bridgehead atoms. The molecule has 5 nitrogen and oxygen atoms in total. The van der Waals surface area contributed by atoms with Gasteiger partial charge in [-0.05, 0) is 31.2 Å². The first-order valence-corrected chi connectivity index (χ1v) is 8.09. The van der Waals surface area contributed by atoms with Crippen molar-refractivity contribution in [3.8, 4) is 0 Å². The summed E-state index contributed by atoms with van der Waals surface area (Å²) in [7, 11) is 0. The molecule has 0 aliphatic heterocycles. The van der Waals surface area contributed by atoms with Crippen molar-refractivity contribution >= 4 is 51.6 Å². The number of para-hydroxylation sites is 1. The number of nitrogens with one attached hydrogen (secondary N) is 1. The zero-order valence-electron chi connectivity index (χ0n) is 13.1. The summed E-state index contributed by atoms with van der Waals surface area (Å²) >= 11 is 12.2. The molecule has 0 aliphatic rings. The van der Waals surface area contributed by atoms with E-state index >= 15 is 0 Å². The topological polar surface area (TPSA) is 85.1 Å². The number of amides is 2. The van der Waals surface area contributed by atoms with Gasteiger partial charge in [-0.15, -0.1) is 0 Å². The van der Waals surface area contributed by atoms with Gasteiger partial charge in [-0.1, -0.05) is 41.4 Å². The van der Waals surface area contributed by atoms with Crippen LogP contribution in [0.3, 0.4) is 0 Å². The summed E-state index contributed by atoms with van der Waals surface area (Å²) < 4.78 is 0. The first kappa shape index (κ1) is 17.2. The Morgan fingerprint density at radius 1 is 1.08 bits per heavy atom. The van der Waals surface area contributed by atoms with E-state index in [-0.39, 0.29) is 15.6 Å². The maximum atomic E-state index is 12.6. The first-order chi connectivity index (χ1) is 11.9. The molecular weight excluding hydrogens is 361 g/mol. The SMILES string of the molecule is Cc1nc2c(NC(=O)c3c(Cl)cccc3Cl)cccc2cc1C(N)=O. The molecule has 2 amide bonds. The molecule has 1 aromatic heterocycles. The molecule has 0 spiro atoms. The van der Waals surface area contributed by atoms with E-state index in [0.717, 1.165) is 0 Å². The molecule has 3 rings (SSSR count). The Bertz CT molecular complexity index is 998. The lowest BCUT2D eigenvalue weighted by atomic mass is 10.1. The molecule has 0 unspecified atom stereocenters. The number of nitrogens with two attached hydrogens (primary N) is 1. The molecule has 0 radical (unpaired) electrons. The number of primary amides is 1. The molecule has 3 N–H and O–H groups in total. The molecule has 2 aromatic carbocycles. The molecule has 0 fully saturated rings. The fraction of sp³-hybridized carbons (Fsp3) is 0.0556. The summed E-state index contributed by atoms with van der Waals surface area (Å²) in [6, 6.07) is 11.7. The van der Waals surface area contributed by atoms with E-state index in [2.05, 4.69) is 10.3 Å².